The Labute approximate surface area is 164 Å². The normalized spacial score (nSPS) is 15.2. The van der Waals surface area contributed by atoms with Crippen molar-refractivity contribution in [1.82, 2.24) is 0 Å². The van der Waals surface area contributed by atoms with Gasteiger partial charge in [0.2, 0.25) is 0 Å². The number of aliphatic hydroxyl groups is 2. The number of aliphatic imine (C=N–C) groups is 1. The number of amidine groups is 1. The monoisotopic (exact) mass is 404 g/mol. The van der Waals surface area contributed by atoms with E-state index in [1.54, 1.807) is 31.2 Å². The number of nitrogens with zero attached hydrogens (tertiary/aromatic N) is 1. The van der Waals surface area contributed by atoms with Gasteiger partial charge >= 0.3 is 0 Å². The van der Waals surface area contributed by atoms with E-state index in [0.717, 1.165) is 11.8 Å². The molecule has 0 aliphatic carbocycles. The van der Waals surface area contributed by atoms with Crippen molar-refractivity contribution in [3.05, 3.63) is 65.9 Å². The Morgan fingerprint density at radius 3 is 2.14 bits per heavy atom. The summed E-state index contributed by atoms with van der Waals surface area (Å²) in [5, 5.41) is 22.3. The fourth-order valence-electron chi connectivity index (χ4n) is 2.30. The second kappa shape index (κ2) is 8.98. The molecule has 7 N–H and O–H groups in total. The van der Waals surface area contributed by atoms with Gasteiger partial charge in [-0.25, -0.2) is 13.4 Å². The van der Waals surface area contributed by atoms with Gasteiger partial charge in [-0.15, -0.1) is 0 Å². The minimum atomic E-state index is -3.30. The third-order valence-corrected chi connectivity index (χ3v) is 5.04. The molecule has 8 nitrogen and oxygen atoms in total. The molecule has 0 aliphatic rings. The third-order valence-electron chi connectivity index (χ3n) is 3.92. The Hall–Kier alpha value is -2.72. The number of rotatable bonds is 7. The van der Waals surface area contributed by atoms with Crippen LogP contribution in [0.25, 0.3) is 0 Å². The summed E-state index contributed by atoms with van der Waals surface area (Å²) in [7, 11) is -3.30. The van der Waals surface area contributed by atoms with Gasteiger partial charge in [-0.05, 0) is 48.9 Å². The van der Waals surface area contributed by atoms with Crippen LogP contribution >= 0.6 is 0 Å². The van der Waals surface area contributed by atoms with Crippen LogP contribution < -0.4 is 16.8 Å². The number of anilines is 1. The van der Waals surface area contributed by atoms with Gasteiger partial charge in [-0.3, -0.25) is 0 Å². The van der Waals surface area contributed by atoms with Gasteiger partial charge in [0.15, 0.2) is 9.84 Å². The Balaban J connectivity index is 2.21. The van der Waals surface area contributed by atoms with Gasteiger partial charge in [0.1, 0.15) is 12.1 Å². The van der Waals surface area contributed by atoms with Gasteiger partial charge in [0, 0.05) is 18.1 Å². The molecule has 0 spiro atoms. The molecule has 150 valence electrons. The predicted molar refractivity (Wildman–Crippen MR) is 110 cm³/mol. The zero-order chi connectivity index (χ0) is 20.9. The van der Waals surface area contributed by atoms with Crippen LogP contribution in [0.15, 0.2) is 70.2 Å². The first-order valence-electron chi connectivity index (χ1n) is 8.41. The summed E-state index contributed by atoms with van der Waals surface area (Å²) in [5.74, 6) is -0.0183. The molecule has 0 fully saturated rings. The molecule has 2 unspecified atom stereocenters. The predicted octanol–water partition coefficient (Wildman–Crippen LogP) is 1.41. The van der Waals surface area contributed by atoms with Crippen LogP contribution in [0.1, 0.15) is 18.6 Å². The average molecular weight is 404 g/mol. The smallest absolute Gasteiger partial charge is 0.175 e. The van der Waals surface area contributed by atoms with Gasteiger partial charge < -0.3 is 27.0 Å². The van der Waals surface area contributed by atoms with E-state index in [1.165, 1.54) is 30.5 Å². The maximum Gasteiger partial charge on any atom is 0.175 e. The largest absolute Gasteiger partial charge is 0.389 e. The summed E-state index contributed by atoms with van der Waals surface area (Å²) in [6.45, 7) is 1.67. The van der Waals surface area contributed by atoms with E-state index in [0.29, 0.717) is 11.4 Å². The zero-order valence-corrected chi connectivity index (χ0v) is 16.4. The molecule has 9 heteroatoms. The number of hydrogen-bond donors (Lipinski definition) is 5. The highest BCUT2D eigenvalue weighted by molar-refractivity contribution is 7.90. The van der Waals surface area contributed by atoms with Crippen LogP contribution in [0.4, 0.5) is 11.4 Å². The lowest BCUT2D eigenvalue weighted by molar-refractivity contribution is 0.199. The Bertz CT molecular complexity index is 964. The third kappa shape index (κ3) is 5.89. The van der Waals surface area contributed by atoms with Crippen molar-refractivity contribution in [2.24, 2.45) is 16.5 Å². The van der Waals surface area contributed by atoms with Crippen LogP contribution in [0.2, 0.25) is 0 Å². The lowest BCUT2D eigenvalue weighted by Crippen LogP contribution is -2.31. The second-order valence-corrected chi connectivity index (χ2v) is 8.27. The molecule has 2 atom stereocenters. The minimum Gasteiger partial charge on any atom is -0.389 e. The summed E-state index contributed by atoms with van der Waals surface area (Å²) < 4.78 is 23.0. The van der Waals surface area contributed by atoms with Crippen molar-refractivity contribution in [2.45, 2.75) is 24.2 Å². The quantitative estimate of drug-likeness (QED) is 0.266. The second-order valence-electron chi connectivity index (χ2n) is 6.25. The summed E-state index contributed by atoms with van der Waals surface area (Å²) in [5.41, 5.74) is 13.6. The number of nitrogens with one attached hydrogen (secondary N) is 1. The number of aliphatic hydroxyl groups excluding tert-OH is 2. The molecule has 2 aromatic carbocycles. The van der Waals surface area contributed by atoms with Gasteiger partial charge in [-0.2, -0.15) is 0 Å². The highest BCUT2D eigenvalue weighted by Crippen LogP contribution is 2.18. The molecule has 0 saturated heterocycles. The highest BCUT2D eigenvalue weighted by atomic mass is 32.2. The van der Waals surface area contributed by atoms with E-state index >= 15 is 0 Å². The van der Waals surface area contributed by atoms with Crippen molar-refractivity contribution in [3.8, 4) is 0 Å². The summed E-state index contributed by atoms with van der Waals surface area (Å²) >= 11 is 0. The maximum atomic E-state index is 11.5. The van der Waals surface area contributed by atoms with Gasteiger partial charge in [-0.1, -0.05) is 12.1 Å². The van der Waals surface area contributed by atoms with Crippen LogP contribution in [0.3, 0.4) is 0 Å². The van der Waals surface area contributed by atoms with Crippen molar-refractivity contribution >= 4 is 27.0 Å². The molecular weight excluding hydrogens is 380 g/mol. The molecule has 0 amide bonds. The SMILES string of the molecule is CC(O)c1ccc(N/C=C(\C(N)=Nc2ccc(S(C)(=O)=O)cc2)C(N)O)cc1. The van der Waals surface area contributed by atoms with Crippen molar-refractivity contribution in [2.75, 3.05) is 11.6 Å². The van der Waals surface area contributed by atoms with E-state index in [4.69, 9.17) is 11.5 Å². The number of sulfone groups is 1. The van der Waals surface area contributed by atoms with Crippen molar-refractivity contribution in [1.29, 1.82) is 0 Å². The fourth-order valence-corrected chi connectivity index (χ4v) is 2.93. The first-order chi connectivity index (χ1) is 13.1. The van der Waals surface area contributed by atoms with E-state index in [-0.39, 0.29) is 16.3 Å². The fraction of sp³-hybridized carbons (Fsp3) is 0.211. The van der Waals surface area contributed by atoms with Crippen LogP contribution in [-0.2, 0) is 9.84 Å². The number of benzene rings is 2. The Kier molecular flexibility index (Phi) is 6.92. The molecule has 2 aromatic rings. The first-order valence-corrected chi connectivity index (χ1v) is 10.3. The van der Waals surface area contributed by atoms with E-state index < -0.39 is 22.2 Å². The Morgan fingerprint density at radius 1 is 1.11 bits per heavy atom. The average Bonchev–Trinajstić information content (AvgIpc) is 2.61. The van der Waals surface area contributed by atoms with Crippen molar-refractivity contribution < 1.29 is 18.6 Å². The molecule has 2 rings (SSSR count). The summed E-state index contributed by atoms with van der Waals surface area (Å²) in [6.07, 6.45) is 0.613. The van der Waals surface area contributed by atoms with E-state index in [1.807, 2.05) is 0 Å². The van der Waals surface area contributed by atoms with Gasteiger partial charge in [0.25, 0.3) is 0 Å². The van der Waals surface area contributed by atoms with Crippen LogP contribution in [-0.4, -0.2) is 37.0 Å². The Morgan fingerprint density at radius 2 is 1.68 bits per heavy atom. The molecule has 0 bridgehead atoms. The van der Waals surface area contributed by atoms with Gasteiger partial charge in [0.05, 0.1) is 22.3 Å². The lowest BCUT2D eigenvalue weighted by atomic mass is 10.1. The minimum absolute atomic E-state index is 0.0183. The van der Waals surface area contributed by atoms with Crippen LogP contribution in [0.5, 0.6) is 0 Å². The van der Waals surface area contributed by atoms with E-state index in [9.17, 15) is 18.6 Å². The molecule has 28 heavy (non-hydrogen) atoms. The summed E-state index contributed by atoms with van der Waals surface area (Å²) in [4.78, 5) is 4.34. The molecule has 0 aromatic heterocycles. The highest BCUT2D eigenvalue weighted by Gasteiger charge is 2.11. The lowest BCUT2D eigenvalue weighted by Gasteiger charge is -2.12. The van der Waals surface area contributed by atoms with E-state index in [2.05, 4.69) is 10.3 Å². The summed E-state index contributed by atoms with van der Waals surface area (Å²) in [6, 6.07) is 12.9. The molecule has 0 radical (unpaired) electrons. The van der Waals surface area contributed by atoms with Crippen LogP contribution in [0, 0.1) is 0 Å². The molecular formula is C19H24N4O4S. The topological polar surface area (TPSA) is 151 Å². The molecule has 0 saturated carbocycles. The first kappa shape index (κ1) is 21.6. The molecule has 0 aliphatic heterocycles. The standard InChI is InChI=1S/C19H24N4O4S/c1-12(24)13-3-5-14(6-4-13)22-11-17(19(21)25)18(20)23-15-7-9-16(10-8-15)28(2,26)27/h3-12,19,22,24-25H,21H2,1-2H3,(H2,20,23)/b17-11+. The molecule has 0 heterocycles. The maximum absolute atomic E-state index is 11.5. The number of nitrogens with two attached hydrogens (primary N) is 2. The number of hydrogen-bond acceptors (Lipinski definition) is 7. The zero-order valence-electron chi connectivity index (χ0n) is 15.6. The van der Waals surface area contributed by atoms with Crippen molar-refractivity contribution in [3.63, 3.8) is 0 Å².